The third-order valence-corrected chi connectivity index (χ3v) is 6.10. The number of hydrogen-bond acceptors (Lipinski definition) is 5. The minimum Gasteiger partial charge on any atom is -0.496 e. The van der Waals surface area contributed by atoms with E-state index in [1.54, 1.807) is 25.3 Å². The second-order valence-corrected chi connectivity index (χ2v) is 8.21. The van der Waals surface area contributed by atoms with Gasteiger partial charge >= 0.3 is 0 Å². The Balaban J connectivity index is 1.29. The van der Waals surface area contributed by atoms with Crippen LogP contribution in [-0.4, -0.2) is 43.2 Å². The molecular formula is C22H26ClFN4O2. The van der Waals surface area contributed by atoms with Crippen LogP contribution in [0.1, 0.15) is 41.2 Å². The molecule has 6 nitrogen and oxygen atoms in total. The molecule has 0 aromatic heterocycles. The van der Waals surface area contributed by atoms with Crippen molar-refractivity contribution in [3.63, 3.8) is 0 Å². The molecule has 0 radical (unpaired) electrons. The Morgan fingerprint density at radius 3 is 2.60 bits per heavy atom. The zero-order valence-electron chi connectivity index (χ0n) is 16.8. The van der Waals surface area contributed by atoms with Gasteiger partial charge in [0.25, 0.3) is 5.91 Å². The average molecular weight is 433 g/mol. The van der Waals surface area contributed by atoms with Crippen LogP contribution in [0, 0.1) is 5.82 Å². The van der Waals surface area contributed by atoms with Gasteiger partial charge in [0.15, 0.2) is 0 Å². The molecule has 2 aliphatic heterocycles. The summed E-state index contributed by atoms with van der Waals surface area (Å²) in [5.74, 6) is 0.132. The molecule has 3 N–H and O–H groups in total. The van der Waals surface area contributed by atoms with E-state index in [9.17, 15) is 9.18 Å². The number of methoxy groups -OCH3 is 1. The summed E-state index contributed by atoms with van der Waals surface area (Å²) >= 11 is 6.04. The molecule has 2 atom stereocenters. The number of carbonyl (C=O) groups excluding carboxylic acids is 1. The van der Waals surface area contributed by atoms with Gasteiger partial charge in [-0.3, -0.25) is 9.69 Å². The summed E-state index contributed by atoms with van der Waals surface area (Å²) in [6.07, 6.45) is 2.86. The Labute approximate surface area is 180 Å². The SMILES string of the molecule is COc1ccc(Cl)cc1C(=O)NC1CCN(C2CC(c3ccc(F)cc3)NN2)CC1. The summed E-state index contributed by atoms with van der Waals surface area (Å²) in [6, 6.07) is 11.9. The third kappa shape index (κ3) is 4.75. The lowest BCUT2D eigenvalue weighted by Crippen LogP contribution is -2.51. The van der Waals surface area contributed by atoms with Crippen LogP contribution in [-0.2, 0) is 0 Å². The van der Waals surface area contributed by atoms with Gasteiger partial charge in [0.1, 0.15) is 11.6 Å². The highest BCUT2D eigenvalue weighted by Gasteiger charge is 2.32. The van der Waals surface area contributed by atoms with E-state index in [1.807, 2.05) is 12.1 Å². The lowest BCUT2D eigenvalue weighted by atomic mass is 10.0. The van der Waals surface area contributed by atoms with Crippen LogP contribution >= 0.6 is 11.6 Å². The Morgan fingerprint density at radius 1 is 1.17 bits per heavy atom. The number of nitrogens with zero attached hydrogens (tertiary/aromatic N) is 1. The Morgan fingerprint density at radius 2 is 1.90 bits per heavy atom. The van der Waals surface area contributed by atoms with Gasteiger partial charge in [0, 0.05) is 30.2 Å². The first-order valence-electron chi connectivity index (χ1n) is 10.2. The molecule has 1 amide bonds. The predicted molar refractivity (Wildman–Crippen MR) is 114 cm³/mol. The molecule has 2 fully saturated rings. The number of rotatable bonds is 5. The first-order valence-corrected chi connectivity index (χ1v) is 10.6. The zero-order valence-corrected chi connectivity index (χ0v) is 17.6. The van der Waals surface area contributed by atoms with Crippen molar-refractivity contribution < 1.29 is 13.9 Å². The van der Waals surface area contributed by atoms with E-state index in [0.717, 1.165) is 37.9 Å². The van der Waals surface area contributed by atoms with Crippen LogP contribution in [0.25, 0.3) is 0 Å². The van der Waals surface area contributed by atoms with Crippen LogP contribution in [0.15, 0.2) is 42.5 Å². The highest BCUT2D eigenvalue weighted by atomic mass is 35.5. The quantitative estimate of drug-likeness (QED) is 0.677. The molecule has 2 unspecified atom stereocenters. The van der Waals surface area contributed by atoms with E-state index >= 15 is 0 Å². The maximum atomic E-state index is 13.2. The minimum absolute atomic E-state index is 0.111. The minimum atomic E-state index is -0.222. The summed E-state index contributed by atoms with van der Waals surface area (Å²) in [4.78, 5) is 15.1. The molecule has 2 heterocycles. The van der Waals surface area contributed by atoms with E-state index in [0.29, 0.717) is 16.3 Å². The van der Waals surface area contributed by atoms with E-state index in [1.165, 1.54) is 12.1 Å². The summed E-state index contributed by atoms with van der Waals surface area (Å²) < 4.78 is 18.4. The first kappa shape index (κ1) is 21.1. The van der Waals surface area contributed by atoms with Crippen molar-refractivity contribution in [3.05, 3.63) is 64.4 Å². The van der Waals surface area contributed by atoms with Gasteiger partial charge in [-0.05, 0) is 55.2 Å². The molecule has 0 spiro atoms. The van der Waals surface area contributed by atoms with Gasteiger partial charge in [-0.1, -0.05) is 23.7 Å². The van der Waals surface area contributed by atoms with Crippen molar-refractivity contribution in [1.29, 1.82) is 0 Å². The van der Waals surface area contributed by atoms with Crippen molar-refractivity contribution in [3.8, 4) is 5.75 Å². The lowest BCUT2D eigenvalue weighted by Gasteiger charge is -2.36. The second kappa shape index (κ2) is 9.31. The lowest BCUT2D eigenvalue weighted by molar-refractivity contribution is 0.0877. The van der Waals surface area contributed by atoms with Gasteiger partial charge in [-0.2, -0.15) is 0 Å². The number of halogens is 2. The molecule has 8 heteroatoms. The number of likely N-dealkylation sites (tertiary alicyclic amines) is 1. The number of hydrazine groups is 1. The number of hydrogen-bond donors (Lipinski definition) is 3. The van der Waals surface area contributed by atoms with Gasteiger partial charge in [0.2, 0.25) is 0 Å². The number of ether oxygens (including phenoxy) is 1. The fourth-order valence-corrected chi connectivity index (χ4v) is 4.34. The van der Waals surface area contributed by atoms with Crippen LogP contribution < -0.4 is 20.9 Å². The zero-order chi connectivity index (χ0) is 21.1. The van der Waals surface area contributed by atoms with Crippen molar-refractivity contribution in [1.82, 2.24) is 21.1 Å². The predicted octanol–water partition coefficient (Wildman–Crippen LogP) is 3.25. The Bertz CT molecular complexity index is 887. The smallest absolute Gasteiger partial charge is 0.255 e. The number of nitrogens with one attached hydrogen (secondary N) is 3. The fraction of sp³-hybridized carbons (Fsp3) is 0.409. The van der Waals surface area contributed by atoms with Gasteiger partial charge in [-0.15, -0.1) is 0 Å². The summed E-state index contributed by atoms with van der Waals surface area (Å²) in [6.45, 7) is 1.76. The van der Waals surface area contributed by atoms with Gasteiger partial charge in [0.05, 0.1) is 18.8 Å². The van der Waals surface area contributed by atoms with Gasteiger partial charge < -0.3 is 10.1 Å². The molecule has 0 aliphatic carbocycles. The molecule has 2 saturated heterocycles. The van der Waals surface area contributed by atoms with Gasteiger partial charge in [-0.25, -0.2) is 15.2 Å². The summed E-state index contributed by atoms with van der Waals surface area (Å²) in [5.41, 5.74) is 8.20. The third-order valence-electron chi connectivity index (χ3n) is 5.87. The van der Waals surface area contributed by atoms with Crippen molar-refractivity contribution in [2.24, 2.45) is 0 Å². The number of carbonyl (C=O) groups is 1. The molecule has 30 heavy (non-hydrogen) atoms. The van der Waals surface area contributed by atoms with Crippen molar-refractivity contribution >= 4 is 17.5 Å². The Hall–Kier alpha value is -2.19. The number of piperidine rings is 1. The van der Waals surface area contributed by atoms with Crippen molar-refractivity contribution in [2.75, 3.05) is 20.2 Å². The van der Waals surface area contributed by atoms with Crippen LogP contribution in [0.5, 0.6) is 5.75 Å². The highest BCUT2D eigenvalue weighted by Crippen LogP contribution is 2.27. The topological polar surface area (TPSA) is 65.6 Å². The van der Waals surface area contributed by atoms with E-state index in [-0.39, 0.29) is 30.0 Å². The summed E-state index contributed by atoms with van der Waals surface area (Å²) in [7, 11) is 1.54. The molecule has 2 aromatic carbocycles. The standard InChI is InChI=1S/C22H26ClFN4O2/c1-30-20-7-4-15(23)12-18(20)22(29)25-17-8-10-28(11-9-17)21-13-19(26-27-21)14-2-5-16(24)6-3-14/h2-7,12,17,19,21,26-27H,8-11,13H2,1H3,(H,25,29). The maximum Gasteiger partial charge on any atom is 0.255 e. The highest BCUT2D eigenvalue weighted by molar-refractivity contribution is 6.31. The van der Waals surface area contributed by atoms with E-state index in [2.05, 4.69) is 21.1 Å². The largest absolute Gasteiger partial charge is 0.496 e. The fourth-order valence-electron chi connectivity index (χ4n) is 4.17. The molecule has 4 rings (SSSR count). The van der Waals surface area contributed by atoms with Crippen LogP contribution in [0.3, 0.4) is 0 Å². The van der Waals surface area contributed by atoms with Crippen LogP contribution in [0.2, 0.25) is 5.02 Å². The summed E-state index contributed by atoms with van der Waals surface area (Å²) in [5, 5.41) is 3.62. The van der Waals surface area contributed by atoms with Crippen molar-refractivity contribution in [2.45, 2.75) is 37.5 Å². The number of amides is 1. The molecule has 0 bridgehead atoms. The molecule has 0 saturated carbocycles. The van der Waals surface area contributed by atoms with E-state index in [4.69, 9.17) is 16.3 Å². The second-order valence-electron chi connectivity index (χ2n) is 7.77. The molecule has 2 aliphatic rings. The monoisotopic (exact) mass is 432 g/mol. The molecular weight excluding hydrogens is 407 g/mol. The average Bonchev–Trinajstić information content (AvgIpc) is 3.25. The maximum absolute atomic E-state index is 13.2. The van der Waals surface area contributed by atoms with Crippen LogP contribution in [0.4, 0.5) is 4.39 Å². The molecule has 2 aromatic rings. The Kier molecular flexibility index (Phi) is 6.53. The first-order chi connectivity index (χ1) is 14.5. The molecule has 160 valence electrons. The normalized spacial score (nSPS) is 22.8. The number of benzene rings is 2. The van der Waals surface area contributed by atoms with E-state index < -0.39 is 0 Å².